The van der Waals surface area contributed by atoms with E-state index in [0.29, 0.717) is 16.9 Å². The molecule has 0 unspecified atom stereocenters. The Morgan fingerprint density at radius 3 is 2.48 bits per heavy atom. The van der Waals surface area contributed by atoms with Crippen LogP contribution in [-0.2, 0) is 4.79 Å². The van der Waals surface area contributed by atoms with Gasteiger partial charge in [-0.05, 0) is 35.9 Å². The van der Waals surface area contributed by atoms with Crippen molar-refractivity contribution in [3.63, 3.8) is 0 Å². The minimum Gasteiger partial charge on any atom is -0.497 e. The zero-order valence-electron chi connectivity index (χ0n) is 12.5. The number of carbonyl (C=O) groups excluding carboxylic acids is 1. The summed E-state index contributed by atoms with van der Waals surface area (Å²) in [6.45, 7) is 0. The van der Waals surface area contributed by atoms with E-state index in [2.05, 4.69) is 21.2 Å². The number of halogens is 1. The standard InChI is InChI=1S/C17H16BrNO4/c1-23-14-7-5-11(6-8-14)15(10-16(20)21)19-17(22)12-3-2-4-13(18)9-12/h2-9,15H,10H2,1H3,(H,19,22)(H,20,21)/t15-/m0/s1. The zero-order chi connectivity index (χ0) is 16.8. The number of aliphatic carboxylic acids is 1. The van der Waals surface area contributed by atoms with Crippen molar-refractivity contribution in [3.05, 3.63) is 64.1 Å². The van der Waals surface area contributed by atoms with Gasteiger partial charge in [0.25, 0.3) is 5.91 Å². The Morgan fingerprint density at radius 1 is 1.22 bits per heavy atom. The highest BCUT2D eigenvalue weighted by Gasteiger charge is 2.19. The summed E-state index contributed by atoms with van der Waals surface area (Å²) in [6, 6.07) is 13.2. The van der Waals surface area contributed by atoms with Crippen LogP contribution in [0.15, 0.2) is 53.0 Å². The third-order valence-corrected chi connectivity index (χ3v) is 3.78. The number of benzene rings is 2. The first kappa shape index (κ1) is 17.0. The Balaban J connectivity index is 2.20. The van der Waals surface area contributed by atoms with Crippen molar-refractivity contribution >= 4 is 27.8 Å². The lowest BCUT2D eigenvalue weighted by Crippen LogP contribution is -2.30. The molecule has 0 saturated carbocycles. The van der Waals surface area contributed by atoms with Gasteiger partial charge in [0.1, 0.15) is 5.75 Å². The van der Waals surface area contributed by atoms with Gasteiger partial charge >= 0.3 is 5.97 Å². The third-order valence-electron chi connectivity index (χ3n) is 3.29. The van der Waals surface area contributed by atoms with Gasteiger partial charge < -0.3 is 15.2 Å². The van der Waals surface area contributed by atoms with E-state index in [1.807, 2.05) is 6.07 Å². The second-order valence-corrected chi connectivity index (χ2v) is 5.82. The molecule has 0 heterocycles. The third kappa shape index (κ3) is 4.82. The summed E-state index contributed by atoms with van der Waals surface area (Å²) < 4.78 is 5.87. The molecule has 1 amide bonds. The fraction of sp³-hybridized carbons (Fsp3) is 0.176. The van der Waals surface area contributed by atoms with Gasteiger partial charge in [-0.1, -0.05) is 34.1 Å². The molecule has 0 aliphatic carbocycles. The summed E-state index contributed by atoms with van der Waals surface area (Å²) in [4.78, 5) is 23.4. The molecule has 2 aromatic rings. The zero-order valence-corrected chi connectivity index (χ0v) is 14.0. The van der Waals surface area contributed by atoms with Crippen molar-refractivity contribution in [1.29, 1.82) is 0 Å². The van der Waals surface area contributed by atoms with Crippen LogP contribution < -0.4 is 10.1 Å². The summed E-state index contributed by atoms with van der Waals surface area (Å²) in [5.41, 5.74) is 1.17. The van der Waals surface area contributed by atoms with Crippen LogP contribution >= 0.6 is 15.9 Å². The molecule has 2 rings (SSSR count). The predicted octanol–water partition coefficient (Wildman–Crippen LogP) is 3.40. The van der Waals surface area contributed by atoms with Crippen molar-refractivity contribution in [2.24, 2.45) is 0 Å². The normalized spacial score (nSPS) is 11.6. The van der Waals surface area contributed by atoms with E-state index in [4.69, 9.17) is 9.84 Å². The maximum atomic E-state index is 12.3. The number of rotatable bonds is 6. The molecule has 0 radical (unpaired) electrons. The fourth-order valence-electron chi connectivity index (χ4n) is 2.13. The van der Waals surface area contributed by atoms with Crippen LogP contribution in [-0.4, -0.2) is 24.1 Å². The second-order valence-electron chi connectivity index (χ2n) is 4.91. The Kier molecular flexibility index (Phi) is 5.76. The predicted molar refractivity (Wildman–Crippen MR) is 89.6 cm³/mol. The number of methoxy groups -OCH3 is 1. The van der Waals surface area contributed by atoms with Gasteiger partial charge in [-0.25, -0.2) is 0 Å². The molecule has 6 heteroatoms. The first-order chi connectivity index (χ1) is 11.0. The Labute approximate surface area is 142 Å². The molecule has 0 saturated heterocycles. The number of amides is 1. The number of ether oxygens (including phenoxy) is 1. The quantitative estimate of drug-likeness (QED) is 0.808. The number of carboxylic acids is 1. The SMILES string of the molecule is COc1ccc([C@H](CC(=O)O)NC(=O)c2cccc(Br)c2)cc1. The van der Waals surface area contributed by atoms with Crippen LogP contribution in [0.5, 0.6) is 5.75 Å². The van der Waals surface area contributed by atoms with Crippen molar-refractivity contribution in [3.8, 4) is 5.75 Å². The van der Waals surface area contributed by atoms with Crippen molar-refractivity contribution in [1.82, 2.24) is 5.32 Å². The van der Waals surface area contributed by atoms with E-state index < -0.39 is 12.0 Å². The van der Waals surface area contributed by atoms with Crippen molar-refractivity contribution < 1.29 is 19.4 Å². The lowest BCUT2D eigenvalue weighted by atomic mass is 10.0. The molecule has 0 aromatic heterocycles. The maximum absolute atomic E-state index is 12.3. The number of carbonyl (C=O) groups is 2. The highest BCUT2D eigenvalue weighted by atomic mass is 79.9. The molecule has 0 bridgehead atoms. The molecule has 0 spiro atoms. The number of hydrogen-bond acceptors (Lipinski definition) is 3. The molecule has 1 atom stereocenters. The molecular weight excluding hydrogens is 362 g/mol. The highest BCUT2D eigenvalue weighted by Crippen LogP contribution is 2.21. The molecule has 0 aliphatic rings. The van der Waals surface area contributed by atoms with E-state index in [9.17, 15) is 9.59 Å². The van der Waals surface area contributed by atoms with Gasteiger partial charge in [0.05, 0.1) is 19.6 Å². The summed E-state index contributed by atoms with van der Waals surface area (Å²) in [6.07, 6.45) is -0.202. The molecule has 5 nitrogen and oxygen atoms in total. The van der Waals surface area contributed by atoms with Gasteiger partial charge in [0.2, 0.25) is 0 Å². The van der Waals surface area contributed by atoms with E-state index in [1.165, 1.54) is 0 Å². The van der Waals surface area contributed by atoms with Gasteiger partial charge in [-0.15, -0.1) is 0 Å². The highest BCUT2D eigenvalue weighted by molar-refractivity contribution is 9.10. The molecule has 120 valence electrons. The molecule has 0 fully saturated rings. The lowest BCUT2D eigenvalue weighted by Gasteiger charge is -2.18. The van der Waals surface area contributed by atoms with Crippen LogP contribution in [0.25, 0.3) is 0 Å². The summed E-state index contributed by atoms with van der Waals surface area (Å²) in [5.74, 6) is -0.644. The van der Waals surface area contributed by atoms with E-state index in [-0.39, 0.29) is 12.3 Å². The van der Waals surface area contributed by atoms with Crippen molar-refractivity contribution in [2.45, 2.75) is 12.5 Å². The van der Waals surface area contributed by atoms with Crippen molar-refractivity contribution in [2.75, 3.05) is 7.11 Å². The minimum absolute atomic E-state index is 0.202. The molecule has 23 heavy (non-hydrogen) atoms. The topological polar surface area (TPSA) is 75.6 Å². The van der Waals surface area contributed by atoms with Crippen LogP contribution in [0, 0.1) is 0 Å². The first-order valence-corrected chi connectivity index (χ1v) is 7.71. The summed E-state index contributed by atoms with van der Waals surface area (Å²) >= 11 is 3.31. The average molecular weight is 378 g/mol. The van der Waals surface area contributed by atoms with Crippen LogP contribution in [0.2, 0.25) is 0 Å². The molecular formula is C17H16BrNO4. The maximum Gasteiger partial charge on any atom is 0.305 e. The van der Waals surface area contributed by atoms with E-state index in [1.54, 1.807) is 49.6 Å². The smallest absolute Gasteiger partial charge is 0.305 e. The van der Waals surface area contributed by atoms with Crippen LogP contribution in [0.3, 0.4) is 0 Å². The van der Waals surface area contributed by atoms with E-state index in [0.717, 1.165) is 4.47 Å². The lowest BCUT2D eigenvalue weighted by molar-refractivity contribution is -0.137. The Hall–Kier alpha value is -2.34. The minimum atomic E-state index is -0.986. The fourth-order valence-corrected chi connectivity index (χ4v) is 2.53. The molecule has 2 N–H and O–H groups in total. The molecule has 2 aromatic carbocycles. The van der Waals surface area contributed by atoms with Crippen LogP contribution in [0.1, 0.15) is 28.4 Å². The van der Waals surface area contributed by atoms with Gasteiger partial charge in [0, 0.05) is 10.0 Å². The number of hydrogen-bond donors (Lipinski definition) is 2. The van der Waals surface area contributed by atoms with Crippen LogP contribution in [0.4, 0.5) is 0 Å². The monoisotopic (exact) mass is 377 g/mol. The molecule has 0 aliphatic heterocycles. The van der Waals surface area contributed by atoms with E-state index >= 15 is 0 Å². The van der Waals surface area contributed by atoms with Gasteiger partial charge in [0.15, 0.2) is 0 Å². The summed E-state index contributed by atoms with van der Waals surface area (Å²) in [5, 5.41) is 11.9. The largest absolute Gasteiger partial charge is 0.497 e. The Morgan fingerprint density at radius 2 is 1.91 bits per heavy atom. The van der Waals surface area contributed by atoms with Gasteiger partial charge in [-0.2, -0.15) is 0 Å². The Bertz CT molecular complexity index is 700. The number of carboxylic acid groups (broad SMARTS) is 1. The average Bonchev–Trinajstić information content (AvgIpc) is 2.54. The number of nitrogens with one attached hydrogen (secondary N) is 1. The second kappa shape index (κ2) is 7.78. The summed E-state index contributed by atoms with van der Waals surface area (Å²) in [7, 11) is 1.55. The first-order valence-electron chi connectivity index (χ1n) is 6.92. The van der Waals surface area contributed by atoms with Gasteiger partial charge in [-0.3, -0.25) is 9.59 Å².